The summed E-state index contributed by atoms with van der Waals surface area (Å²) in [5, 5.41) is 12.7. The minimum atomic E-state index is -0.888. The van der Waals surface area contributed by atoms with E-state index in [0.717, 1.165) is 16.6 Å². The number of carbonyl (C=O) groups is 1. The summed E-state index contributed by atoms with van der Waals surface area (Å²) >= 11 is 9.37. The van der Waals surface area contributed by atoms with E-state index in [2.05, 4.69) is 21.2 Å². The molecular weight excluding hydrogens is 321 g/mol. The van der Waals surface area contributed by atoms with E-state index in [9.17, 15) is 4.79 Å². The minimum Gasteiger partial charge on any atom is -0.479 e. The molecule has 1 aromatic rings. The molecule has 1 aromatic carbocycles. The zero-order valence-corrected chi connectivity index (χ0v) is 11.9. The van der Waals surface area contributed by atoms with Gasteiger partial charge in [0, 0.05) is 6.54 Å². The molecule has 6 heteroatoms. The molecule has 1 saturated heterocycles. The van der Waals surface area contributed by atoms with Crippen LogP contribution in [0.15, 0.2) is 22.7 Å². The highest BCUT2D eigenvalue weighted by Crippen LogP contribution is 2.30. The summed E-state index contributed by atoms with van der Waals surface area (Å²) in [6, 6.07) is 5.55. The lowest BCUT2D eigenvalue weighted by molar-refractivity contribution is -0.149. The van der Waals surface area contributed by atoms with Crippen LogP contribution in [0.3, 0.4) is 0 Å². The Labute approximate surface area is 118 Å². The maximum absolute atomic E-state index is 10.7. The Kier molecular flexibility index (Phi) is 4.48. The van der Waals surface area contributed by atoms with Crippen LogP contribution in [-0.2, 0) is 9.53 Å². The Bertz CT molecular complexity index is 455. The van der Waals surface area contributed by atoms with Crippen molar-refractivity contribution in [3.63, 3.8) is 0 Å². The molecule has 2 rings (SSSR count). The molecule has 0 amide bonds. The molecule has 1 aliphatic rings. The van der Waals surface area contributed by atoms with Crippen LogP contribution >= 0.6 is 27.5 Å². The van der Waals surface area contributed by atoms with Gasteiger partial charge in [0.05, 0.1) is 21.3 Å². The molecule has 18 heavy (non-hydrogen) atoms. The van der Waals surface area contributed by atoms with Gasteiger partial charge in [0.25, 0.3) is 0 Å². The van der Waals surface area contributed by atoms with Crippen LogP contribution in [0, 0.1) is 0 Å². The van der Waals surface area contributed by atoms with Crippen molar-refractivity contribution in [1.82, 2.24) is 0 Å². The summed E-state index contributed by atoms with van der Waals surface area (Å²) in [7, 11) is 0. The molecule has 2 N–H and O–H groups in total. The summed E-state index contributed by atoms with van der Waals surface area (Å²) in [4.78, 5) is 10.7. The maximum Gasteiger partial charge on any atom is 0.332 e. The second-order valence-electron chi connectivity index (χ2n) is 4.14. The van der Waals surface area contributed by atoms with Crippen molar-refractivity contribution in [1.29, 1.82) is 0 Å². The zero-order valence-electron chi connectivity index (χ0n) is 9.53. The van der Waals surface area contributed by atoms with Crippen molar-refractivity contribution in [3.8, 4) is 0 Å². The van der Waals surface area contributed by atoms with E-state index >= 15 is 0 Å². The first-order valence-electron chi connectivity index (χ1n) is 5.64. The van der Waals surface area contributed by atoms with E-state index in [-0.39, 0.29) is 6.10 Å². The fraction of sp³-hybridized carbons (Fsp3) is 0.417. The van der Waals surface area contributed by atoms with Crippen molar-refractivity contribution in [2.45, 2.75) is 25.0 Å². The van der Waals surface area contributed by atoms with E-state index in [1.165, 1.54) is 0 Å². The Morgan fingerprint density at radius 3 is 3.00 bits per heavy atom. The predicted molar refractivity (Wildman–Crippen MR) is 73.2 cm³/mol. The largest absolute Gasteiger partial charge is 0.479 e. The predicted octanol–water partition coefficient (Wildman–Crippen LogP) is 3.15. The van der Waals surface area contributed by atoms with Gasteiger partial charge in [-0.05, 0) is 40.9 Å². The Hall–Kier alpha value is -0.780. The van der Waals surface area contributed by atoms with E-state index in [4.69, 9.17) is 21.4 Å². The fourth-order valence-electron chi connectivity index (χ4n) is 1.90. The first-order chi connectivity index (χ1) is 8.58. The van der Waals surface area contributed by atoms with Gasteiger partial charge in [0.15, 0.2) is 6.10 Å². The van der Waals surface area contributed by atoms with Crippen molar-refractivity contribution < 1.29 is 14.6 Å². The Morgan fingerprint density at radius 1 is 1.56 bits per heavy atom. The molecule has 0 spiro atoms. The van der Waals surface area contributed by atoms with E-state index < -0.39 is 12.1 Å². The number of carboxylic acid groups (broad SMARTS) is 1. The van der Waals surface area contributed by atoms with E-state index in [1.54, 1.807) is 6.07 Å². The summed E-state index contributed by atoms with van der Waals surface area (Å²) in [6.07, 6.45) is 0.581. The SMILES string of the molecule is O=C(O)C1CCC(CNc2cccc(Cl)c2Br)O1. The van der Waals surface area contributed by atoms with Crippen molar-refractivity contribution in [3.05, 3.63) is 27.7 Å². The van der Waals surface area contributed by atoms with E-state index in [1.807, 2.05) is 12.1 Å². The van der Waals surface area contributed by atoms with Crippen LogP contribution in [0.4, 0.5) is 5.69 Å². The van der Waals surface area contributed by atoms with Gasteiger partial charge in [-0.25, -0.2) is 4.79 Å². The molecule has 1 fully saturated rings. The first kappa shape index (κ1) is 13.6. The summed E-state index contributed by atoms with van der Waals surface area (Å²) in [5.41, 5.74) is 0.880. The quantitative estimate of drug-likeness (QED) is 0.888. The van der Waals surface area contributed by atoms with Gasteiger partial charge < -0.3 is 15.2 Å². The van der Waals surface area contributed by atoms with Crippen LogP contribution in [0.1, 0.15) is 12.8 Å². The number of hydrogen-bond acceptors (Lipinski definition) is 3. The number of halogens is 2. The highest BCUT2D eigenvalue weighted by atomic mass is 79.9. The standard InChI is InChI=1S/C12H13BrClNO3/c13-11-8(14)2-1-3-9(11)15-6-7-4-5-10(18-7)12(16)17/h1-3,7,10,15H,4-6H2,(H,16,17). The summed E-state index contributed by atoms with van der Waals surface area (Å²) in [6.45, 7) is 0.572. The van der Waals surface area contributed by atoms with Crippen molar-refractivity contribution >= 4 is 39.2 Å². The first-order valence-corrected chi connectivity index (χ1v) is 6.81. The molecule has 0 radical (unpaired) electrons. The average Bonchev–Trinajstić information content (AvgIpc) is 2.80. The maximum atomic E-state index is 10.7. The second-order valence-corrected chi connectivity index (χ2v) is 5.34. The van der Waals surface area contributed by atoms with Crippen LogP contribution in [-0.4, -0.2) is 29.8 Å². The molecule has 4 nitrogen and oxygen atoms in total. The van der Waals surface area contributed by atoms with Gasteiger partial charge in [0.1, 0.15) is 0 Å². The smallest absolute Gasteiger partial charge is 0.332 e. The lowest BCUT2D eigenvalue weighted by Gasteiger charge is -2.14. The third-order valence-electron chi connectivity index (χ3n) is 2.85. The van der Waals surface area contributed by atoms with Gasteiger partial charge in [-0.15, -0.1) is 0 Å². The van der Waals surface area contributed by atoms with Crippen LogP contribution in [0.5, 0.6) is 0 Å². The van der Waals surface area contributed by atoms with Crippen molar-refractivity contribution in [2.24, 2.45) is 0 Å². The molecule has 98 valence electrons. The lowest BCUT2D eigenvalue weighted by Crippen LogP contribution is -2.24. The lowest BCUT2D eigenvalue weighted by atomic mass is 10.2. The highest BCUT2D eigenvalue weighted by molar-refractivity contribution is 9.10. The number of hydrogen-bond donors (Lipinski definition) is 2. The van der Waals surface area contributed by atoms with E-state index in [0.29, 0.717) is 18.0 Å². The normalized spacial score (nSPS) is 23.0. The Morgan fingerprint density at radius 2 is 2.33 bits per heavy atom. The van der Waals surface area contributed by atoms with Gasteiger partial charge in [0.2, 0.25) is 0 Å². The molecule has 2 unspecified atom stereocenters. The van der Waals surface area contributed by atoms with Gasteiger partial charge in [-0.1, -0.05) is 17.7 Å². The van der Waals surface area contributed by atoms with Crippen molar-refractivity contribution in [2.75, 3.05) is 11.9 Å². The third-order valence-corrected chi connectivity index (χ3v) is 4.25. The summed E-state index contributed by atoms with van der Waals surface area (Å²) < 4.78 is 6.21. The average molecular weight is 335 g/mol. The van der Waals surface area contributed by atoms with Gasteiger partial charge in [-0.2, -0.15) is 0 Å². The molecule has 2 atom stereocenters. The monoisotopic (exact) mass is 333 g/mol. The number of nitrogens with one attached hydrogen (secondary N) is 1. The Balaban J connectivity index is 1.89. The molecule has 0 bridgehead atoms. The molecular formula is C12H13BrClNO3. The number of carboxylic acids is 1. The van der Waals surface area contributed by atoms with Crippen LogP contribution < -0.4 is 5.32 Å². The number of benzene rings is 1. The minimum absolute atomic E-state index is 0.0722. The van der Waals surface area contributed by atoms with Crippen LogP contribution in [0.2, 0.25) is 5.02 Å². The molecule has 1 aliphatic heterocycles. The third kappa shape index (κ3) is 3.16. The molecule has 0 saturated carbocycles. The number of ether oxygens (including phenoxy) is 1. The number of aliphatic carboxylic acids is 1. The fourth-order valence-corrected chi connectivity index (χ4v) is 2.48. The number of anilines is 1. The molecule has 1 heterocycles. The molecule has 0 aromatic heterocycles. The van der Waals surface area contributed by atoms with Gasteiger partial charge in [-0.3, -0.25) is 0 Å². The zero-order chi connectivity index (χ0) is 13.1. The number of rotatable bonds is 4. The second kappa shape index (κ2) is 5.91. The topological polar surface area (TPSA) is 58.6 Å². The molecule has 0 aliphatic carbocycles. The summed E-state index contributed by atoms with van der Waals surface area (Å²) in [5.74, 6) is -0.888. The van der Waals surface area contributed by atoms with Crippen LogP contribution in [0.25, 0.3) is 0 Å². The van der Waals surface area contributed by atoms with Gasteiger partial charge >= 0.3 is 5.97 Å². The highest BCUT2D eigenvalue weighted by Gasteiger charge is 2.30.